The summed E-state index contributed by atoms with van der Waals surface area (Å²) in [5.41, 5.74) is 2.97. The fourth-order valence-electron chi connectivity index (χ4n) is 2.61. The quantitative estimate of drug-likeness (QED) is 0.576. The summed E-state index contributed by atoms with van der Waals surface area (Å²) >= 11 is -2.56. The van der Waals surface area contributed by atoms with E-state index in [2.05, 4.69) is 24.8 Å². The predicted molar refractivity (Wildman–Crippen MR) is 99.0 cm³/mol. The molecule has 0 aliphatic carbocycles. The van der Waals surface area contributed by atoms with E-state index in [1.807, 2.05) is 13.8 Å². The Kier molecular flexibility index (Phi) is 4.24. The van der Waals surface area contributed by atoms with Gasteiger partial charge < -0.3 is 0 Å². The van der Waals surface area contributed by atoms with Crippen molar-refractivity contribution in [1.82, 2.24) is 13.9 Å². The van der Waals surface area contributed by atoms with Crippen molar-refractivity contribution in [2.24, 2.45) is 0 Å². The molecular weight excluding hydrogens is 429 g/mol. The topological polar surface area (TPSA) is 64.8 Å². The van der Waals surface area contributed by atoms with E-state index >= 15 is 0 Å². The summed E-state index contributed by atoms with van der Waals surface area (Å²) in [4.78, 5) is 16.0. The number of hydrogen-bond donors (Lipinski definition) is 0. The predicted octanol–water partition coefficient (Wildman–Crippen LogP) is 2.83. The Labute approximate surface area is 146 Å². The molecule has 0 fully saturated rings. The number of hydrogen-bond acceptors (Lipinski definition) is 4. The Bertz CT molecular complexity index is 1020. The van der Waals surface area contributed by atoms with Gasteiger partial charge in [0.1, 0.15) is 0 Å². The Morgan fingerprint density at radius 2 is 1.67 bits per heavy atom. The van der Waals surface area contributed by atoms with Crippen molar-refractivity contribution in [2.45, 2.75) is 33.6 Å². The molecule has 0 saturated heterocycles. The van der Waals surface area contributed by atoms with Gasteiger partial charge >= 0.3 is 147 Å². The second-order valence-corrected chi connectivity index (χ2v) is 23.3. The summed E-state index contributed by atoms with van der Waals surface area (Å²) in [6, 6.07) is 6.88. The van der Waals surface area contributed by atoms with Crippen molar-refractivity contribution >= 4 is 43.1 Å². The third kappa shape index (κ3) is 2.97. The molecule has 0 radical (unpaired) electrons. The Balaban J connectivity index is 2.32. The molecule has 0 amide bonds. The molecule has 5 nitrogen and oxygen atoms in total. The molecule has 0 unspecified atom stereocenters. The molecule has 0 aliphatic rings. The van der Waals surface area contributed by atoms with Crippen LogP contribution in [-0.2, 0) is 10.0 Å². The van der Waals surface area contributed by atoms with Crippen LogP contribution in [0.15, 0.2) is 41.6 Å². The second kappa shape index (κ2) is 5.84. The van der Waals surface area contributed by atoms with Gasteiger partial charge in [0.25, 0.3) is 0 Å². The third-order valence-corrected chi connectivity index (χ3v) is 11.3. The first-order valence-corrected chi connectivity index (χ1v) is 19.2. The molecule has 0 saturated carbocycles. The molecule has 0 aliphatic heterocycles. The van der Waals surface area contributed by atoms with Gasteiger partial charge in [-0.25, -0.2) is 0 Å². The van der Waals surface area contributed by atoms with Crippen LogP contribution in [0.1, 0.15) is 11.3 Å². The van der Waals surface area contributed by atoms with Gasteiger partial charge in [0.15, 0.2) is 0 Å². The van der Waals surface area contributed by atoms with E-state index in [4.69, 9.17) is 0 Å². The molecule has 2 aromatic heterocycles. The van der Waals surface area contributed by atoms with Crippen LogP contribution in [0.2, 0.25) is 14.8 Å². The van der Waals surface area contributed by atoms with E-state index in [1.165, 1.54) is 3.97 Å². The van der Waals surface area contributed by atoms with Crippen LogP contribution < -0.4 is 3.58 Å². The summed E-state index contributed by atoms with van der Waals surface area (Å²) in [7, 11) is -3.69. The first kappa shape index (κ1) is 17.4. The SMILES string of the molecule is Cc1ccc(S(=O)(=O)n2c[c]([Sn]([CH3])([CH3])[CH3])c3nc(C)cnc32)cc1. The summed E-state index contributed by atoms with van der Waals surface area (Å²) in [5, 5.41) is 0. The Hall–Kier alpha value is -1.41. The molecule has 1 aromatic carbocycles. The van der Waals surface area contributed by atoms with Crippen molar-refractivity contribution in [3.8, 4) is 0 Å². The van der Waals surface area contributed by atoms with Gasteiger partial charge in [0.05, 0.1) is 0 Å². The van der Waals surface area contributed by atoms with Crippen LogP contribution in [0.25, 0.3) is 11.2 Å². The summed E-state index contributed by atoms with van der Waals surface area (Å²) < 4.78 is 28.6. The average Bonchev–Trinajstić information content (AvgIpc) is 2.87. The van der Waals surface area contributed by atoms with E-state index < -0.39 is 28.4 Å². The van der Waals surface area contributed by atoms with Gasteiger partial charge in [0, 0.05) is 0 Å². The zero-order valence-electron chi connectivity index (χ0n) is 14.5. The minimum absolute atomic E-state index is 0.267. The zero-order valence-corrected chi connectivity index (χ0v) is 18.2. The molecule has 0 atom stereocenters. The third-order valence-electron chi connectivity index (χ3n) is 3.97. The zero-order chi connectivity index (χ0) is 17.7. The molecule has 24 heavy (non-hydrogen) atoms. The van der Waals surface area contributed by atoms with Gasteiger partial charge in [-0.15, -0.1) is 0 Å². The number of aryl methyl sites for hydroxylation is 2. The maximum atomic E-state index is 13.1. The van der Waals surface area contributed by atoms with Gasteiger partial charge in [0.2, 0.25) is 0 Å². The van der Waals surface area contributed by atoms with Gasteiger partial charge in [-0.1, -0.05) is 0 Å². The Morgan fingerprint density at radius 3 is 2.25 bits per heavy atom. The van der Waals surface area contributed by atoms with Crippen LogP contribution >= 0.6 is 0 Å². The van der Waals surface area contributed by atoms with Crippen molar-refractivity contribution in [1.29, 1.82) is 0 Å². The monoisotopic (exact) mass is 451 g/mol. The van der Waals surface area contributed by atoms with Crippen LogP contribution in [0.5, 0.6) is 0 Å². The Morgan fingerprint density at radius 1 is 1.04 bits per heavy atom. The van der Waals surface area contributed by atoms with Gasteiger partial charge in [-0.3, -0.25) is 0 Å². The van der Waals surface area contributed by atoms with Crippen molar-refractivity contribution < 1.29 is 8.42 Å². The van der Waals surface area contributed by atoms with Crippen LogP contribution in [0.3, 0.4) is 0 Å². The number of fused-ring (bicyclic) bond motifs is 1. The average molecular weight is 450 g/mol. The van der Waals surface area contributed by atoms with Crippen molar-refractivity contribution in [3.05, 3.63) is 47.9 Å². The number of rotatable bonds is 3. The number of nitrogens with zero attached hydrogens (tertiary/aromatic N) is 3. The fourth-order valence-corrected chi connectivity index (χ4v) is 8.17. The van der Waals surface area contributed by atoms with Gasteiger partial charge in [-0.2, -0.15) is 0 Å². The van der Waals surface area contributed by atoms with Gasteiger partial charge in [-0.05, 0) is 0 Å². The molecule has 126 valence electrons. The molecular formula is C17H21N3O2SSn. The molecule has 7 heteroatoms. The number of aromatic nitrogens is 3. The summed E-state index contributed by atoms with van der Waals surface area (Å²) in [6.45, 7) is 3.81. The molecule has 2 heterocycles. The summed E-state index contributed by atoms with van der Waals surface area (Å²) in [5.74, 6) is 0. The van der Waals surface area contributed by atoms with E-state index in [0.29, 0.717) is 5.65 Å². The molecule has 0 bridgehead atoms. The molecule has 0 spiro atoms. The summed E-state index contributed by atoms with van der Waals surface area (Å²) in [6.07, 6.45) is 3.36. The molecule has 0 N–H and O–H groups in total. The van der Waals surface area contributed by atoms with E-state index in [9.17, 15) is 8.42 Å². The normalized spacial score (nSPS) is 12.7. The standard InChI is InChI=1S/C14H12N3O2S.3CH3.Sn/c1-10-3-5-12(6-4-10)20(18,19)17-8-7-13-14(17)15-9-11(2)16-13;;;;/h3-6,8-9H,1-2H3;3*1H3;. The maximum absolute atomic E-state index is 13.1. The van der Waals surface area contributed by atoms with Crippen molar-refractivity contribution in [2.75, 3.05) is 0 Å². The first-order valence-electron chi connectivity index (χ1n) is 7.78. The van der Waals surface area contributed by atoms with E-state index in [-0.39, 0.29) is 4.90 Å². The molecule has 3 aromatic rings. The van der Waals surface area contributed by atoms with Crippen LogP contribution in [0.4, 0.5) is 0 Å². The first-order chi connectivity index (χ1) is 11.1. The van der Waals surface area contributed by atoms with Crippen LogP contribution in [-0.4, -0.2) is 40.7 Å². The molecule has 3 rings (SSSR count). The fraction of sp³-hybridized carbons (Fsp3) is 0.294. The minimum atomic E-state index is -3.69. The van der Waals surface area contributed by atoms with E-state index in [0.717, 1.165) is 20.4 Å². The van der Waals surface area contributed by atoms with Crippen molar-refractivity contribution in [3.63, 3.8) is 0 Å². The second-order valence-electron chi connectivity index (χ2n) is 7.09. The van der Waals surface area contributed by atoms with E-state index in [1.54, 1.807) is 36.7 Å². The van der Waals surface area contributed by atoms with Crippen LogP contribution in [0, 0.1) is 13.8 Å². The number of benzene rings is 1.